The van der Waals surface area contributed by atoms with Crippen LogP contribution in [0.25, 0.3) is 0 Å². The average Bonchev–Trinajstić information content (AvgIpc) is 2.45. The van der Waals surface area contributed by atoms with Gasteiger partial charge >= 0.3 is 0 Å². The van der Waals surface area contributed by atoms with Crippen molar-refractivity contribution in [2.75, 3.05) is 26.4 Å². The van der Waals surface area contributed by atoms with Crippen LogP contribution in [-0.4, -0.2) is 43.6 Å². The average molecular weight is 302 g/mol. The van der Waals surface area contributed by atoms with Crippen LogP contribution >= 0.6 is 11.6 Å². The summed E-state index contributed by atoms with van der Waals surface area (Å²) in [4.78, 5) is 0. The highest BCUT2D eigenvalue weighted by atomic mass is 35.5. The van der Waals surface area contributed by atoms with Crippen molar-refractivity contribution in [2.24, 2.45) is 0 Å². The SMILES string of the molecule is CCOCC(C)NCC(O)COCc1ccc(Cl)cc1. The van der Waals surface area contributed by atoms with E-state index in [0.29, 0.717) is 38.0 Å². The minimum absolute atomic E-state index is 0.223. The zero-order valence-corrected chi connectivity index (χ0v) is 12.9. The second-order valence-electron chi connectivity index (χ2n) is 4.76. The van der Waals surface area contributed by atoms with Crippen molar-refractivity contribution in [3.63, 3.8) is 0 Å². The van der Waals surface area contributed by atoms with E-state index in [9.17, 15) is 5.11 Å². The number of aliphatic hydroxyl groups is 1. The molecule has 5 heteroatoms. The van der Waals surface area contributed by atoms with Gasteiger partial charge < -0.3 is 19.9 Å². The lowest BCUT2D eigenvalue weighted by atomic mass is 10.2. The van der Waals surface area contributed by atoms with Crippen LogP contribution in [0.15, 0.2) is 24.3 Å². The van der Waals surface area contributed by atoms with E-state index in [-0.39, 0.29) is 6.04 Å². The maximum atomic E-state index is 9.80. The highest BCUT2D eigenvalue weighted by molar-refractivity contribution is 6.30. The van der Waals surface area contributed by atoms with E-state index >= 15 is 0 Å². The quantitative estimate of drug-likeness (QED) is 0.696. The summed E-state index contributed by atoms with van der Waals surface area (Å²) in [7, 11) is 0. The summed E-state index contributed by atoms with van der Waals surface area (Å²) in [5.74, 6) is 0. The normalized spacial score (nSPS) is 14.2. The van der Waals surface area contributed by atoms with Crippen LogP contribution in [0.1, 0.15) is 19.4 Å². The van der Waals surface area contributed by atoms with Crippen molar-refractivity contribution >= 4 is 11.6 Å². The Kier molecular flexibility index (Phi) is 8.82. The van der Waals surface area contributed by atoms with E-state index in [1.54, 1.807) is 0 Å². The molecule has 1 rings (SSSR count). The number of halogens is 1. The molecule has 0 saturated carbocycles. The lowest BCUT2D eigenvalue weighted by Crippen LogP contribution is -2.38. The maximum absolute atomic E-state index is 9.80. The number of nitrogens with one attached hydrogen (secondary N) is 1. The molecule has 1 aromatic rings. The summed E-state index contributed by atoms with van der Waals surface area (Å²) >= 11 is 5.80. The van der Waals surface area contributed by atoms with Gasteiger partial charge in [0.2, 0.25) is 0 Å². The predicted octanol–water partition coefficient (Wildman–Crippen LogP) is 2.23. The molecular weight excluding hydrogens is 278 g/mol. The fourth-order valence-electron chi connectivity index (χ4n) is 1.64. The Morgan fingerprint density at radius 1 is 1.20 bits per heavy atom. The third-order valence-electron chi connectivity index (χ3n) is 2.77. The number of hydrogen-bond donors (Lipinski definition) is 2. The fourth-order valence-corrected chi connectivity index (χ4v) is 1.77. The second-order valence-corrected chi connectivity index (χ2v) is 5.20. The molecule has 0 radical (unpaired) electrons. The summed E-state index contributed by atoms with van der Waals surface area (Å²) in [5.41, 5.74) is 1.04. The van der Waals surface area contributed by atoms with Gasteiger partial charge in [0.05, 0.1) is 25.9 Å². The van der Waals surface area contributed by atoms with Crippen LogP contribution in [0.5, 0.6) is 0 Å². The number of hydrogen-bond acceptors (Lipinski definition) is 4. The zero-order chi connectivity index (χ0) is 14.8. The smallest absolute Gasteiger partial charge is 0.0897 e. The first-order valence-electron chi connectivity index (χ1n) is 6.93. The van der Waals surface area contributed by atoms with E-state index in [1.807, 2.05) is 38.1 Å². The Morgan fingerprint density at radius 2 is 1.90 bits per heavy atom. The van der Waals surface area contributed by atoms with Crippen LogP contribution in [-0.2, 0) is 16.1 Å². The van der Waals surface area contributed by atoms with Crippen molar-refractivity contribution in [2.45, 2.75) is 32.6 Å². The molecule has 1 aromatic carbocycles. The van der Waals surface area contributed by atoms with Crippen LogP contribution in [0.4, 0.5) is 0 Å². The molecule has 20 heavy (non-hydrogen) atoms. The minimum atomic E-state index is -0.522. The standard InChI is InChI=1S/C15H24ClNO3/c1-3-19-9-12(2)17-8-15(18)11-20-10-13-4-6-14(16)7-5-13/h4-7,12,15,17-18H,3,8-11H2,1-2H3. The molecule has 2 N–H and O–H groups in total. The second kappa shape index (κ2) is 10.1. The van der Waals surface area contributed by atoms with Gasteiger partial charge in [-0.15, -0.1) is 0 Å². The first-order valence-corrected chi connectivity index (χ1v) is 7.31. The maximum Gasteiger partial charge on any atom is 0.0897 e. The monoisotopic (exact) mass is 301 g/mol. The van der Waals surface area contributed by atoms with E-state index < -0.39 is 6.10 Å². The molecule has 0 aliphatic carbocycles. The summed E-state index contributed by atoms with van der Waals surface area (Å²) in [6.07, 6.45) is -0.522. The Bertz CT molecular complexity index is 359. The van der Waals surface area contributed by atoms with Gasteiger partial charge in [-0.2, -0.15) is 0 Å². The van der Waals surface area contributed by atoms with Gasteiger partial charge in [0, 0.05) is 24.2 Å². The van der Waals surface area contributed by atoms with Gasteiger partial charge in [-0.25, -0.2) is 0 Å². The van der Waals surface area contributed by atoms with Crippen LogP contribution in [0.3, 0.4) is 0 Å². The summed E-state index contributed by atoms with van der Waals surface area (Å²) in [5, 5.41) is 13.7. The molecule has 0 aromatic heterocycles. The van der Waals surface area contributed by atoms with Gasteiger partial charge in [0.15, 0.2) is 0 Å². The van der Waals surface area contributed by atoms with Gasteiger partial charge in [0.1, 0.15) is 0 Å². The van der Waals surface area contributed by atoms with E-state index in [4.69, 9.17) is 21.1 Å². The molecule has 0 amide bonds. The van der Waals surface area contributed by atoms with E-state index in [1.165, 1.54) is 0 Å². The highest BCUT2D eigenvalue weighted by Crippen LogP contribution is 2.10. The lowest BCUT2D eigenvalue weighted by molar-refractivity contribution is 0.0257. The van der Waals surface area contributed by atoms with Gasteiger partial charge in [0.25, 0.3) is 0 Å². The summed E-state index contributed by atoms with van der Waals surface area (Å²) in [6.45, 7) is 6.62. The lowest BCUT2D eigenvalue weighted by Gasteiger charge is -2.17. The largest absolute Gasteiger partial charge is 0.389 e. The molecule has 4 nitrogen and oxygen atoms in total. The molecule has 0 saturated heterocycles. The number of ether oxygens (including phenoxy) is 2. The topological polar surface area (TPSA) is 50.7 Å². The molecular formula is C15H24ClNO3. The molecule has 2 atom stereocenters. The van der Waals surface area contributed by atoms with Crippen LogP contribution in [0, 0.1) is 0 Å². The molecule has 2 unspecified atom stereocenters. The van der Waals surface area contributed by atoms with Crippen LogP contribution < -0.4 is 5.32 Å². The summed E-state index contributed by atoms with van der Waals surface area (Å²) in [6, 6.07) is 7.70. The third-order valence-corrected chi connectivity index (χ3v) is 3.02. The first-order chi connectivity index (χ1) is 9.61. The van der Waals surface area contributed by atoms with Crippen molar-refractivity contribution in [3.05, 3.63) is 34.9 Å². The fraction of sp³-hybridized carbons (Fsp3) is 0.600. The molecule has 0 spiro atoms. The first kappa shape index (κ1) is 17.4. The molecule has 114 valence electrons. The predicted molar refractivity (Wildman–Crippen MR) is 81.1 cm³/mol. The molecule has 0 aliphatic heterocycles. The van der Waals surface area contributed by atoms with Gasteiger partial charge in [-0.05, 0) is 31.5 Å². The summed E-state index contributed by atoms with van der Waals surface area (Å²) < 4.78 is 10.8. The number of aliphatic hydroxyl groups excluding tert-OH is 1. The Labute approximate surface area is 126 Å². The van der Waals surface area contributed by atoms with E-state index in [0.717, 1.165) is 5.56 Å². The number of rotatable bonds is 10. The van der Waals surface area contributed by atoms with Crippen molar-refractivity contribution in [3.8, 4) is 0 Å². The molecule has 0 fully saturated rings. The van der Waals surface area contributed by atoms with Gasteiger partial charge in [-0.3, -0.25) is 0 Å². The highest BCUT2D eigenvalue weighted by Gasteiger charge is 2.07. The molecule has 0 heterocycles. The number of benzene rings is 1. The van der Waals surface area contributed by atoms with E-state index in [2.05, 4.69) is 5.32 Å². The zero-order valence-electron chi connectivity index (χ0n) is 12.1. The van der Waals surface area contributed by atoms with Crippen molar-refractivity contribution < 1.29 is 14.6 Å². The molecule has 0 bridgehead atoms. The molecule has 0 aliphatic rings. The van der Waals surface area contributed by atoms with Crippen molar-refractivity contribution in [1.82, 2.24) is 5.32 Å². The Balaban J connectivity index is 2.10. The van der Waals surface area contributed by atoms with Crippen molar-refractivity contribution in [1.29, 1.82) is 0 Å². The van der Waals surface area contributed by atoms with Gasteiger partial charge in [-0.1, -0.05) is 23.7 Å². The van der Waals surface area contributed by atoms with Crippen LogP contribution in [0.2, 0.25) is 5.02 Å². The minimum Gasteiger partial charge on any atom is -0.389 e. The third kappa shape index (κ3) is 7.82. The Hall–Kier alpha value is -0.650. The Morgan fingerprint density at radius 3 is 2.55 bits per heavy atom.